The second kappa shape index (κ2) is 8.97. The van der Waals surface area contributed by atoms with Crippen molar-refractivity contribution in [2.75, 3.05) is 5.32 Å². The van der Waals surface area contributed by atoms with Crippen molar-refractivity contribution in [1.29, 1.82) is 0 Å². The van der Waals surface area contributed by atoms with Gasteiger partial charge in [0.05, 0.1) is 0 Å². The first kappa shape index (κ1) is 19.3. The SMILES string of the molecule is CCc1ccc(O[C@@H](CC)C(=O)Nc2nnc(-c3ccc(Cl)cc3)s2)cc1. The van der Waals surface area contributed by atoms with Gasteiger partial charge in [0.1, 0.15) is 10.8 Å². The standard InChI is InChI=1S/C20H20ClN3O2S/c1-3-13-5-11-16(12-6-13)26-17(4-2)18(25)22-20-24-23-19(27-20)14-7-9-15(21)10-8-14/h5-12,17H,3-4H2,1-2H3,(H,22,24,25)/t17-/m0/s1. The van der Waals surface area contributed by atoms with Gasteiger partial charge in [-0.2, -0.15) is 0 Å². The molecule has 0 unspecified atom stereocenters. The Kier molecular flexibility index (Phi) is 6.42. The second-order valence-corrected chi connectivity index (χ2v) is 7.33. The fourth-order valence-electron chi connectivity index (χ4n) is 2.46. The summed E-state index contributed by atoms with van der Waals surface area (Å²) in [5, 5.41) is 12.8. The van der Waals surface area contributed by atoms with Crippen molar-refractivity contribution in [3.8, 4) is 16.3 Å². The summed E-state index contributed by atoms with van der Waals surface area (Å²) in [6.07, 6.45) is 0.912. The zero-order valence-electron chi connectivity index (χ0n) is 15.1. The Hall–Kier alpha value is -2.44. The third-order valence-corrected chi connectivity index (χ3v) is 5.16. The first-order chi connectivity index (χ1) is 13.1. The number of amides is 1. The molecule has 5 nitrogen and oxygen atoms in total. The molecule has 0 aliphatic rings. The van der Waals surface area contributed by atoms with Crippen molar-refractivity contribution in [3.63, 3.8) is 0 Å². The van der Waals surface area contributed by atoms with E-state index in [1.165, 1.54) is 16.9 Å². The number of hydrogen-bond donors (Lipinski definition) is 1. The number of rotatable bonds is 7. The Morgan fingerprint density at radius 3 is 2.44 bits per heavy atom. The van der Waals surface area contributed by atoms with Gasteiger partial charge in [0.25, 0.3) is 5.91 Å². The van der Waals surface area contributed by atoms with Gasteiger partial charge in [-0.05, 0) is 42.7 Å². The zero-order chi connectivity index (χ0) is 19.2. The van der Waals surface area contributed by atoms with Gasteiger partial charge in [-0.25, -0.2) is 0 Å². The van der Waals surface area contributed by atoms with Gasteiger partial charge < -0.3 is 4.74 Å². The number of carbonyl (C=O) groups is 1. The predicted molar refractivity (Wildman–Crippen MR) is 110 cm³/mol. The summed E-state index contributed by atoms with van der Waals surface area (Å²) in [5.74, 6) is 0.434. The van der Waals surface area contributed by atoms with E-state index in [-0.39, 0.29) is 5.91 Å². The smallest absolute Gasteiger partial charge is 0.267 e. The number of benzene rings is 2. The van der Waals surface area contributed by atoms with E-state index < -0.39 is 6.10 Å². The molecule has 0 fully saturated rings. The number of aromatic nitrogens is 2. The lowest BCUT2D eigenvalue weighted by molar-refractivity contribution is -0.122. The molecule has 1 amide bonds. The number of nitrogens with zero attached hydrogens (tertiary/aromatic N) is 2. The van der Waals surface area contributed by atoms with Crippen LogP contribution in [0.25, 0.3) is 10.6 Å². The molecule has 140 valence electrons. The number of hydrogen-bond acceptors (Lipinski definition) is 5. The molecule has 1 N–H and O–H groups in total. The third kappa shape index (κ3) is 5.05. The fraction of sp³-hybridized carbons (Fsp3) is 0.250. The summed E-state index contributed by atoms with van der Waals surface area (Å²) in [6.45, 7) is 4.00. The van der Waals surface area contributed by atoms with Gasteiger partial charge >= 0.3 is 0 Å². The Labute approximate surface area is 167 Å². The summed E-state index contributed by atoms with van der Waals surface area (Å²) in [6, 6.07) is 15.1. The van der Waals surface area contributed by atoms with Crippen LogP contribution in [0.5, 0.6) is 5.75 Å². The highest BCUT2D eigenvalue weighted by atomic mass is 35.5. The Bertz CT molecular complexity index is 894. The van der Waals surface area contributed by atoms with Gasteiger partial charge in [-0.15, -0.1) is 10.2 Å². The molecule has 0 radical (unpaired) electrons. The van der Waals surface area contributed by atoms with Crippen LogP contribution in [0.1, 0.15) is 25.8 Å². The maximum atomic E-state index is 12.5. The normalized spacial score (nSPS) is 11.8. The number of aryl methyl sites for hydroxylation is 1. The summed E-state index contributed by atoms with van der Waals surface area (Å²) in [4.78, 5) is 12.5. The Morgan fingerprint density at radius 1 is 1.11 bits per heavy atom. The first-order valence-electron chi connectivity index (χ1n) is 8.75. The highest BCUT2D eigenvalue weighted by Gasteiger charge is 2.20. The van der Waals surface area contributed by atoms with E-state index in [2.05, 4.69) is 22.4 Å². The quantitative estimate of drug-likeness (QED) is 0.589. The van der Waals surface area contributed by atoms with Crippen molar-refractivity contribution < 1.29 is 9.53 Å². The van der Waals surface area contributed by atoms with Gasteiger partial charge in [-0.3, -0.25) is 10.1 Å². The van der Waals surface area contributed by atoms with Gasteiger partial charge in [-0.1, -0.05) is 61.1 Å². The highest BCUT2D eigenvalue weighted by Crippen LogP contribution is 2.27. The molecule has 0 bridgehead atoms. The Morgan fingerprint density at radius 2 is 1.81 bits per heavy atom. The van der Waals surface area contributed by atoms with Crippen LogP contribution in [-0.4, -0.2) is 22.2 Å². The van der Waals surface area contributed by atoms with E-state index in [0.29, 0.717) is 27.3 Å². The monoisotopic (exact) mass is 401 g/mol. The lowest BCUT2D eigenvalue weighted by Gasteiger charge is -2.16. The zero-order valence-corrected chi connectivity index (χ0v) is 16.7. The van der Waals surface area contributed by atoms with Crippen LogP contribution < -0.4 is 10.1 Å². The van der Waals surface area contributed by atoms with Crippen LogP contribution in [-0.2, 0) is 11.2 Å². The van der Waals surface area contributed by atoms with E-state index in [4.69, 9.17) is 16.3 Å². The molecule has 0 aliphatic carbocycles. The van der Waals surface area contributed by atoms with Crippen molar-refractivity contribution in [3.05, 3.63) is 59.1 Å². The van der Waals surface area contributed by atoms with Crippen molar-refractivity contribution in [1.82, 2.24) is 10.2 Å². The molecule has 3 rings (SSSR count). The van der Waals surface area contributed by atoms with Gasteiger partial charge in [0.15, 0.2) is 6.10 Å². The van der Waals surface area contributed by atoms with Crippen LogP contribution in [0.3, 0.4) is 0 Å². The number of carbonyl (C=O) groups excluding carboxylic acids is 1. The molecule has 1 atom stereocenters. The average Bonchev–Trinajstić information content (AvgIpc) is 3.15. The molecular weight excluding hydrogens is 382 g/mol. The summed E-state index contributed by atoms with van der Waals surface area (Å²) >= 11 is 7.21. The maximum absolute atomic E-state index is 12.5. The van der Waals surface area contributed by atoms with Gasteiger partial charge in [0.2, 0.25) is 5.13 Å². The van der Waals surface area contributed by atoms with E-state index in [9.17, 15) is 4.79 Å². The van der Waals surface area contributed by atoms with Crippen LogP contribution in [0.2, 0.25) is 5.02 Å². The van der Waals surface area contributed by atoms with E-state index in [1.54, 1.807) is 12.1 Å². The van der Waals surface area contributed by atoms with Crippen LogP contribution in [0, 0.1) is 0 Å². The van der Waals surface area contributed by atoms with E-state index >= 15 is 0 Å². The van der Waals surface area contributed by atoms with E-state index in [0.717, 1.165) is 12.0 Å². The fourth-order valence-corrected chi connectivity index (χ4v) is 3.34. The predicted octanol–water partition coefficient (Wildman–Crippen LogP) is 5.22. The molecule has 0 saturated heterocycles. The van der Waals surface area contributed by atoms with Crippen molar-refractivity contribution >= 4 is 34.0 Å². The molecule has 7 heteroatoms. The Balaban J connectivity index is 1.65. The minimum absolute atomic E-state index is 0.240. The molecule has 0 aliphatic heterocycles. The lowest BCUT2D eigenvalue weighted by atomic mass is 10.2. The van der Waals surface area contributed by atoms with Crippen molar-refractivity contribution in [2.45, 2.75) is 32.8 Å². The third-order valence-electron chi connectivity index (χ3n) is 4.02. The van der Waals surface area contributed by atoms with Crippen LogP contribution >= 0.6 is 22.9 Å². The minimum Gasteiger partial charge on any atom is -0.481 e. The van der Waals surface area contributed by atoms with E-state index in [1.807, 2.05) is 43.3 Å². The largest absolute Gasteiger partial charge is 0.481 e. The summed E-state index contributed by atoms with van der Waals surface area (Å²) < 4.78 is 5.83. The van der Waals surface area contributed by atoms with Crippen LogP contribution in [0.15, 0.2) is 48.5 Å². The lowest BCUT2D eigenvalue weighted by Crippen LogP contribution is -2.32. The second-order valence-electron chi connectivity index (χ2n) is 5.92. The summed E-state index contributed by atoms with van der Waals surface area (Å²) in [7, 11) is 0. The highest BCUT2D eigenvalue weighted by molar-refractivity contribution is 7.18. The molecule has 0 saturated carbocycles. The number of nitrogens with one attached hydrogen (secondary N) is 1. The molecule has 2 aromatic carbocycles. The van der Waals surface area contributed by atoms with Crippen LogP contribution in [0.4, 0.5) is 5.13 Å². The molecular formula is C20H20ClN3O2S. The molecule has 0 spiro atoms. The molecule has 1 aromatic heterocycles. The van der Waals surface area contributed by atoms with Gasteiger partial charge in [0, 0.05) is 10.6 Å². The number of halogens is 1. The molecule has 1 heterocycles. The minimum atomic E-state index is -0.597. The summed E-state index contributed by atoms with van der Waals surface area (Å²) in [5.41, 5.74) is 2.13. The van der Waals surface area contributed by atoms with Crippen molar-refractivity contribution in [2.24, 2.45) is 0 Å². The number of anilines is 1. The maximum Gasteiger partial charge on any atom is 0.267 e. The number of ether oxygens (including phenoxy) is 1. The topological polar surface area (TPSA) is 64.1 Å². The average molecular weight is 402 g/mol. The first-order valence-corrected chi connectivity index (χ1v) is 9.94. The molecule has 3 aromatic rings. The molecule has 27 heavy (non-hydrogen) atoms.